The monoisotopic (exact) mass is 230 g/mol. The average Bonchev–Trinajstić information content (AvgIpc) is 2.66. The molecule has 0 aromatic heterocycles. The lowest BCUT2D eigenvalue weighted by Gasteiger charge is -2.11. The molecule has 1 heterocycles. The van der Waals surface area contributed by atoms with E-state index in [-0.39, 0.29) is 12.4 Å². The number of nitrogens with zero attached hydrogens (tertiary/aromatic N) is 1. The first-order valence-corrected chi connectivity index (χ1v) is 5.65. The number of nitrogens with one attached hydrogen (secondary N) is 1. The Balaban J connectivity index is 2.57. The number of ether oxygens (including phenoxy) is 1. The molecule has 1 aliphatic heterocycles. The van der Waals surface area contributed by atoms with Gasteiger partial charge in [0.25, 0.3) is 0 Å². The fourth-order valence-corrected chi connectivity index (χ4v) is 1.99. The molecule has 0 fully saturated rings. The third-order valence-corrected chi connectivity index (χ3v) is 3.00. The summed E-state index contributed by atoms with van der Waals surface area (Å²) in [6.45, 7) is 4.82. The maximum atomic E-state index is 11.4. The molecule has 84 valence electrons. The van der Waals surface area contributed by atoms with Gasteiger partial charge in [0.1, 0.15) is 0 Å². The zero-order valence-corrected chi connectivity index (χ0v) is 9.60. The zero-order chi connectivity index (χ0) is 11.3. The minimum Gasteiger partial charge on any atom is -0.465 e. The lowest BCUT2D eigenvalue weighted by Crippen LogP contribution is -2.30. The van der Waals surface area contributed by atoms with E-state index in [0.29, 0.717) is 11.7 Å². The van der Waals surface area contributed by atoms with Crippen molar-refractivity contribution in [1.29, 1.82) is 0 Å². The quantitative estimate of drug-likeness (QED) is 0.552. The van der Waals surface area contributed by atoms with Gasteiger partial charge >= 0.3 is 5.97 Å². The van der Waals surface area contributed by atoms with Crippen LogP contribution in [-0.4, -0.2) is 41.9 Å². The van der Waals surface area contributed by atoms with Crippen LogP contribution in [0.4, 0.5) is 0 Å². The Hall–Kier alpha value is -1.04. The number of Topliss-reactive ketones (excluding diaryl/α,β-unsaturated/α-hetero) is 1. The van der Waals surface area contributed by atoms with Crippen molar-refractivity contribution < 1.29 is 14.3 Å². The number of esters is 1. The Morgan fingerprint density at radius 3 is 2.87 bits per heavy atom. The maximum Gasteiger partial charge on any atom is 0.327 e. The predicted molar refractivity (Wildman–Crippen MR) is 59.0 cm³/mol. The van der Waals surface area contributed by atoms with Crippen molar-refractivity contribution in [1.82, 2.24) is 5.32 Å². The number of carbonyl (C=O) groups excluding carboxylic acids is 2. The number of aliphatic imine (C=N–C) groups is 1. The second-order valence-electron chi connectivity index (χ2n) is 2.97. The smallest absolute Gasteiger partial charge is 0.327 e. The normalized spacial score (nSPS) is 16.5. The first-order valence-electron chi connectivity index (χ1n) is 4.77. The zero-order valence-electron chi connectivity index (χ0n) is 8.78. The molecular formula is C9H14N2O3S. The molecule has 1 atom stereocenters. The van der Waals surface area contributed by atoms with E-state index in [2.05, 4.69) is 10.3 Å². The van der Waals surface area contributed by atoms with Gasteiger partial charge < -0.3 is 10.1 Å². The summed E-state index contributed by atoms with van der Waals surface area (Å²) in [5.74, 6) is -0.707. The van der Waals surface area contributed by atoms with Crippen LogP contribution in [0.25, 0.3) is 0 Å². The third kappa shape index (κ3) is 3.54. The van der Waals surface area contributed by atoms with Crippen LogP contribution in [0.15, 0.2) is 4.99 Å². The van der Waals surface area contributed by atoms with Crippen LogP contribution in [0.1, 0.15) is 13.8 Å². The topological polar surface area (TPSA) is 67.8 Å². The average molecular weight is 230 g/mol. The van der Waals surface area contributed by atoms with E-state index in [1.54, 1.807) is 6.92 Å². The summed E-state index contributed by atoms with van der Waals surface area (Å²) in [6.07, 6.45) is 0. The van der Waals surface area contributed by atoms with Gasteiger partial charge in [-0.2, -0.15) is 0 Å². The molecule has 0 aromatic rings. The summed E-state index contributed by atoms with van der Waals surface area (Å²) in [5, 5.41) is 2.84. The number of rotatable bonds is 4. The van der Waals surface area contributed by atoms with Crippen LogP contribution in [0, 0.1) is 0 Å². The summed E-state index contributed by atoms with van der Waals surface area (Å²) in [4.78, 5) is 26.8. The molecular weight excluding hydrogens is 216 g/mol. The molecule has 0 bridgehead atoms. The van der Waals surface area contributed by atoms with E-state index in [9.17, 15) is 9.59 Å². The van der Waals surface area contributed by atoms with Crippen molar-refractivity contribution in [3.05, 3.63) is 0 Å². The van der Waals surface area contributed by atoms with Crippen LogP contribution in [-0.2, 0) is 14.3 Å². The van der Waals surface area contributed by atoms with E-state index < -0.39 is 11.2 Å². The number of carbonyl (C=O) groups is 2. The molecule has 1 rings (SSSR count). The van der Waals surface area contributed by atoms with Crippen LogP contribution < -0.4 is 5.32 Å². The molecule has 6 heteroatoms. The van der Waals surface area contributed by atoms with Crippen molar-refractivity contribution in [3.63, 3.8) is 0 Å². The summed E-state index contributed by atoms with van der Waals surface area (Å²) >= 11 is 1.12. The Kier molecular flexibility index (Phi) is 4.61. The van der Waals surface area contributed by atoms with E-state index in [1.165, 1.54) is 6.92 Å². The second kappa shape index (κ2) is 5.75. The van der Waals surface area contributed by atoms with Gasteiger partial charge in [0.05, 0.1) is 13.2 Å². The lowest BCUT2D eigenvalue weighted by molar-refractivity contribution is -0.144. The molecule has 0 amide bonds. The highest BCUT2D eigenvalue weighted by Gasteiger charge is 2.28. The lowest BCUT2D eigenvalue weighted by atomic mass is 10.3. The number of thioether (sulfide) groups is 1. The van der Waals surface area contributed by atoms with Crippen molar-refractivity contribution in [2.45, 2.75) is 19.1 Å². The van der Waals surface area contributed by atoms with Crippen molar-refractivity contribution in [3.8, 4) is 0 Å². The molecule has 0 aliphatic carbocycles. The highest BCUT2D eigenvalue weighted by atomic mass is 32.2. The SMILES string of the molecule is CCOC(=O)C(SC1=NCCN1)C(C)=O. The first-order chi connectivity index (χ1) is 7.15. The number of hydrogen-bond acceptors (Lipinski definition) is 6. The van der Waals surface area contributed by atoms with Gasteiger partial charge in [-0.1, -0.05) is 11.8 Å². The minimum atomic E-state index is -0.797. The highest BCUT2D eigenvalue weighted by molar-refractivity contribution is 8.15. The number of ketones is 1. The van der Waals surface area contributed by atoms with Crippen LogP contribution in [0.3, 0.4) is 0 Å². The van der Waals surface area contributed by atoms with Gasteiger partial charge in [0, 0.05) is 6.54 Å². The number of hydrogen-bond donors (Lipinski definition) is 1. The van der Waals surface area contributed by atoms with Crippen LogP contribution in [0.5, 0.6) is 0 Å². The second-order valence-corrected chi connectivity index (χ2v) is 4.07. The van der Waals surface area contributed by atoms with Gasteiger partial charge in [0.2, 0.25) is 0 Å². The Labute approximate surface area is 92.7 Å². The van der Waals surface area contributed by atoms with E-state index >= 15 is 0 Å². The molecule has 0 spiro atoms. The summed E-state index contributed by atoms with van der Waals surface area (Å²) in [6, 6.07) is 0. The molecule has 15 heavy (non-hydrogen) atoms. The predicted octanol–water partition coefficient (Wildman–Crippen LogP) is 0.199. The fraction of sp³-hybridized carbons (Fsp3) is 0.667. The maximum absolute atomic E-state index is 11.4. The Morgan fingerprint density at radius 1 is 1.67 bits per heavy atom. The Bertz CT molecular complexity index is 291. The molecule has 1 N–H and O–H groups in total. The summed E-state index contributed by atoms with van der Waals surface area (Å²) < 4.78 is 4.81. The fourth-order valence-electron chi connectivity index (χ4n) is 1.08. The summed E-state index contributed by atoms with van der Waals surface area (Å²) in [5.41, 5.74) is 0. The standard InChI is InChI=1S/C9H14N2O3S/c1-3-14-8(13)7(6(2)12)15-9-10-4-5-11-9/h7H,3-5H2,1-2H3,(H,10,11). The molecule has 0 radical (unpaired) electrons. The van der Waals surface area contributed by atoms with Gasteiger partial charge in [0.15, 0.2) is 16.2 Å². The summed E-state index contributed by atoms with van der Waals surface area (Å²) in [7, 11) is 0. The van der Waals surface area contributed by atoms with E-state index in [1.807, 2.05) is 0 Å². The van der Waals surface area contributed by atoms with Gasteiger partial charge in [-0.15, -0.1) is 0 Å². The van der Waals surface area contributed by atoms with Gasteiger partial charge in [-0.3, -0.25) is 14.6 Å². The highest BCUT2D eigenvalue weighted by Crippen LogP contribution is 2.16. The third-order valence-electron chi connectivity index (χ3n) is 1.74. The number of amidine groups is 1. The van der Waals surface area contributed by atoms with Crippen LogP contribution >= 0.6 is 11.8 Å². The Morgan fingerprint density at radius 2 is 2.40 bits per heavy atom. The van der Waals surface area contributed by atoms with E-state index in [0.717, 1.165) is 18.3 Å². The van der Waals surface area contributed by atoms with Crippen molar-refractivity contribution >= 4 is 28.7 Å². The van der Waals surface area contributed by atoms with Crippen molar-refractivity contribution in [2.75, 3.05) is 19.7 Å². The molecule has 0 saturated heterocycles. The van der Waals surface area contributed by atoms with Gasteiger partial charge in [-0.25, -0.2) is 0 Å². The molecule has 1 unspecified atom stereocenters. The van der Waals surface area contributed by atoms with Crippen LogP contribution in [0.2, 0.25) is 0 Å². The minimum absolute atomic E-state index is 0.213. The molecule has 0 aromatic carbocycles. The van der Waals surface area contributed by atoms with E-state index in [4.69, 9.17) is 4.74 Å². The first kappa shape index (κ1) is 12.0. The van der Waals surface area contributed by atoms with Gasteiger partial charge in [-0.05, 0) is 13.8 Å². The largest absolute Gasteiger partial charge is 0.465 e. The molecule has 5 nitrogen and oxygen atoms in total. The molecule has 0 saturated carbocycles. The van der Waals surface area contributed by atoms with Crippen molar-refractivity contribution in [2.24, 2.45) is 4.99 Å². The molecule has 1 aliphatic rings.